The summed E-state index contributed by atoms with van der Waals surface area (Å²) in [4.78, 5) is 31.2. The van der Waals surface area contributed by atoms with Gasteiger partial charge >= 0.3 is 0 Å². The highest BCUT2D eigenvalue weighted by Crippen LogP contribution is 2.39. The third kappa shape index (κ3) is 3.90. The second-order valence-electron chi connectivity index (χ2n) is 7.66. The largest absolute Gasteiger partial charge is 0.355 e. The van der Waals surface area contributed by atoms with E-state index in [1.54, 1.807) is 12.3 Å². The standard InChI is InChI=1S/C22H27N5O2/c1-3-23-22(29)15-7-6-8-16(11-15)25-20-12-19-18(13-24-20)26-21(28)14(2)27(19)17-9-4-5-10-17/h6-8,11-14,17H,3-5,9-10H2,1-2H3,(H,23,29)(H,24,25)(H,26,28). The van der Waals surface area contributed by atoms with Crippen LogP contribution in [-0.4, -0.2) is 35.4 Å². The Morgan fingerprint density at radius 2 is 2.07 bits per heavy atom. The number of nitrogens with one attached hydrogen (secondary N) is 3. The zero-order chi connectivity index (χ0) is 20.4. The maximum atomic E-state index is 12.4. The molecule has 0 saturated heterocycles. The zero-order valence-electron chi connectivity index (χ0n) is 16.9. The SMILES string of the molecule is CCNC(=O)c1cccc(Nc2cc3c(cn2)NC(=O)C(C)N3C2CCCC2)c1. The van der Waals surface area contributed by atoms with Gasteiger partial charge in [-0.15, -0.1) is 0 Å². The van der Waals surface area contributed by atoms with Crippen molar-refractivity contribution in [3.8, 4) is 0 Å². The molecule has 1 aromatic heterocycles. The summed E-state index contributed by atoms with van der Waals surface area (Å²) >= 11 is 0. The number of pyridine rings is 1. The molecule has 0 spiro atoms. The Kier molecular flexibility index (Phi) is 5.38. The molecular formula is C22H27N5O2. The molecule has 7 heteroatoms. The van der Waals surface area contributed by atoms with Crippen LogP contribution in [0.5, 0.6) is 0 Å². The first-order chi connectivity index (χ1) is 14.1. The first kappa shape index (κ1) is 19.2. The molecule has 3 N–H and O–H groups in total. The van der Waals surface area contributed by atoms with E-state index in [2.05, 4.69) is 25.8 Å². The second-order valence-corrected chi connectivity index (χ2v) is 7.66. The number of anilines is 4. The van der Waals surface area contributed by atoms with Crippen LogP contribution in [0.2, 0.25) is 0 Å². The van der Waals surface area contributed by atoms with Gasteiger partial charge in [-0.25, -0.2) is 4.98 Å². The van der Waals surface area contributed by atoms with Crippen molar-refractivity contribution < 1.29 is 9.59 Å². The number of rotatable bonds is 5. The molecule has 2 amide bonds. The van der Waals surface area contributed by atoms with Crippen LogP contribution >= 0.6 is 0 Å². The fourth-order valence-electron chi connectivity index (χ4n) is 4.24. The van der Waals surface area contributed by atoms with Crippen LogP contribution in [0.25, 0.3) is 0 Å². The van der Waals surface area contributed by atoms with Gasteiger partial charge in [0.05, 0.1) is 17.6 Å². The molecule has 1 unspecified atom stereocenters. The van der Waals surface area contributed by atoms with Gasteiger partial charge in [-0.3, -0.25) is 9.59 Å². The van der Waals surface area contributed by atoms with Crippen LogP contribution in [0.3, 0.4) is 0 Å². The predicted molar refractivity (Wildman–Crippen MR) is 115 cm³/mol. The average molecular weight is 393 g/mol. The summed E-state index contributed by atoms with van der Waals surface area (Å²) in [5.41, 5.74) is 3.15. The lowest BCUT2D eigenvalue weighted by molar-refractivity contribution is -0.117. The summed E-state index contributed by atoms with van der Waals surface area (Å²) in [5, 5.41) is 9.08. The highest BCUT2D eigenvalue weighted by molar-refractivity contribution is 6.03. The van der Waals surface area contributed by atoms with Crippen molar-refractivity contribution in [3.63, 3.8) is 0 Å². The van der Waals surface area contributed by atoms with Crippen molar-refractivity contribution in [2.75, 3.05) is 22.1 Å². The van der Waals surface area contributed by atoms with Crippen molar-refractivity contribution in [3.05, 3.63) is 42.1 Å². The van der Waals surface area contributed by atoms with Crippen LogP contribution in [0, 0.1) is 0 Å². The Labute approximate surface area is 170 Å². The van der Waals surface area contributed by atoms with Crippen LogP contribution in [-0.2, 0) is 4.79 Å². The average Bonchev–Trinajstić information content (AvgIpc) is 3.24. The summed E-state index contributed by atoms with van der Waals surface area (Å²) < 4.78 is 0. The Morgan fingerprint density at radius 1 is 1.28 bits per heavy atom. The molecule has 4 rings (SSSR count). The maximum absolute atomic E-state index is 12.4. The summed E-state index contributed by atoms with van der Waals surface area (Å²) in [7, 11) is 0. The molecule has 1 atom stereocenters. The third-order valence-corrected chi connectivity index (χ3v) is 5.67. The minimum Gasteiger partial charge on any atom is -0.355 e. The van der Waals surface area contributed by atoms with Crippen molar-refractivity contribution in [1.29, 1.82) is 0 Å². The van der Waals surface area contributed by atoms with Gasteiger partial charge in [0.25, 0.3) is 5.91 Å². The van der Waals surface area contributed by atoms with E-state index in [4.69, 9.17) is 0 Å². The number of hydrogen-bond donors (Lipinski definition) is 3. The van der Waals surface area contributed by atoms with E-state index in [1.165, 1.54) is 12.8 Å². The molecule has 2 aromatic rings. The number of benzene rings is 1. The number of carbonyl (C=O) groups is 2. The highest BCUT2D eigenvalue weighted by atomic mass is 16.2. The van der Waals surface area contributed by atoms with Crippen molar-refractivity contribution >= 4 is 34.7 Å². The fourth-order valence-corrected chi connectivity index (χ4v) is 4.24. The van der Waals surface area contributed by atoms with Gasteiger partial charge in [0, 0.05) is 29.9 Å². The van der Waals surface area contributed by atoms with Gasteiger partial charge in [-0.2, -0.15) is 0 Å². The van der Waals surface area contributed by atoms with Gasteiger partial charge in [0.2, 0.25) is 5.91 Å². The number of aromatic nitrogens is 1. The summed E-state index contributed by atoms with van der Waals surface area (Å²) in [5.74, 6) is 0.600. The van der Waals surface area contributed by atoms with E-state index >= 15 is 0 Å². The number of fused-ring (bicyclic) bond motifs is 1. The van der Waals surface area contributed by atoms with Gasteiger partial charge < -0.3 is 20.9 Å². The number of amides is 2. The molecule has 1 aromatic carbocycles. The molecule has 1 fully saturated rings. The van der Waals surface area contributed by atoms with Crippen molar-refractivity contribution in [2.45, 2.75) is 51.6 Å². The van der Waals surface area contributed by atoms with E-state index in [0.717, 1.165) is 29.9 Å². The summed E-state index contributed by atoms with van der Waals surface area (Å²) in [6, 6.07) is 9.51. The Morgan fingerprint density at radius 3 is 2.83 bits per heavy atom. The second kappa shape index (κ2) is 8.11. The van der Waals surface area contributed by atoms with Crippen LogP contribution in [0.4, 0.5) is 22.9 Å². The fraction of sp³-hybridized carbons (Fsp3) is 0.409. The van der Waals surface area contributed by atoms with E-state index in [-0.39, 0.29) is 17.9 Å². The van der Waals surface area contributed by atoms with Gasteiger partial charge in [-0.1, -0.05) is 18.9 Å². The maximum Gasteiger partial charge on any atom is 0.251 e. The number of carbonyl (C=O) groups excluding carboxylic acids is 2. The van der Waals surface area contributed by atoms with E-state index in [1.807, 2.05) is 38.1 Å². The predicted octanol–water partition coefficient (Wildman–Crippen LogP) is 3.66. The Hall–Kier alpha value is -3.09. The van der Waals surface area contributed by atoms with E-state index < -0.39 is 0 Å². The van der Waals surface area contributed by atoms with Crippen LogP contribution < -0.4 is 20.9 Å². The lowest BCUT2D eigenvalue weighted by Crippen LogP contribution is -2.50. The Balaban J connectivity index is 1.62. The third-order valence-electron chi connectivity index (χ3n) is 5.67. The number of hydrogen-bond acceptors (Lipinski definition) is 5. The molecule has 2 heterocycles. The first-order valence-corrected chi connectivity index (χ1v) is 10.3. The first-order valence-electron chi connectivity index (χ1n) is 10.3. The highest BCUT2D eigenvalue weighted by Gasteiger charge is 2.35. The molecule has 7 nitrogen and oxygen atoms in total. The normalized spacial score (nSPS) is 18.9. The quantitative estimate of drug-likeness (QED) is 0.722. The smallest absolute Gasteiger partial charge is 0.251 e. The molecule has 1 saturated carbocycles. The molecule has 0 bridgehead atoms. The molecular weight excluding hydrogens is 366 g/mol. The number of nitrogens with zero attached hydrogens (tertiary/aromatic N) is 2. The molecule has 1 aliphatic carbocycles. The summed E-state index contributed by atoms with van der Waals surface area (Å²) in [6.07, 6.45) is 6.33. The van der Waals surface area contributed by atoms with Crippen LogP contribution in [0.15, 0.2) is 36.5 Å². The molecule has 1 aliphatic heterocycles. The van der Waals surface area contributed by atoms with E-state index in [0.29, 0.717) is 24.0 Å². The molecule has 29 heavy (non-hydrogen) atoms. The topological polar surface area (TPSA) is 86.4 Å². The van der Waals surface area contributed by atoms with Gasteiger partial charge in [0.1, 0.15) is 11.9 Å². The monoisotopic (exact) mass is 393 g/mol. The molecule has 2 aliphatic rings. The van der Waals surface area contributed by atoms with Crippen molar-refractivity contribution in [2.24, 2.45) is 0 Å². The van der Waals surface area contributed by atoms with Gasteiger partial charge in [-0.05, 0) is 44.9 Å². The Bertz CT molecular complexity index is 923. The lowest BCUT2D eigenvalue weighted by atomic mass is 10.1. The summed E-state index contributed by atoms with van der Waals surface area (Å²) in [6.45, 7) is 4.44. The zero-order valence-corrected chi connectivity index (χ0v) is 16.9. The molecule has 152 valence electrons. The minimum absolute atomic E-state index is 0.0153. The minimum atomic E-state index is -0.207. The van der Waals surface area contributed by atoms with Gasteiger partial charge in [0.15, 0.2) is 0 Å². The molecule has 0 radical (unpaired) electrons. The van der Waals surface area contributed by atoms with Crippen LogP contribution in [0.1, 0.15) is 49.9 Å². The van der Waals surface area contributed by atoms with Crippen molar-refractivity contribution in [1.82, 2.24) is 10.3 Å². The van der Waals surface area contributed by atoms with E-state index in [9.17, 15) is 9.59 Å². The lowest BCUT2D eigenvalue weighted by Gasteiger charge is -2.40.